The lowest BCUT2D eigenvalue weighted by molar-refractivity contribution is 0.198. The largest absolute Gasteiger partial charge is 0.465 e. The predicted molar refractivity (Wildman–Crippen MR) is 111 cm³/mol. The summed E-state index contributed by atoms with van der Waals surface area (Å²) >= 11 is 0. The number of hydrogen-bond donors (Lipinski definition) is 1. The van der Waals surface area contributed by atoms with Gasteiger partial charge in [-0.3, -0.25) is 9.58 Å². The molecule has 3 heterocycles. The molecule has 0 spiro atoms. The van der Waals surface area contributed by atoms with Crippen molar-refractivity contribution in [1.82, 2.24) is 19.7 Å². The molecule has 1 N–H and O–H groups in total. The highest BCUT2D eigenvalue weighted by Crippen LogP contribution is 2.45. The van der Waals surface area contributed by atoms with Gasteiger partial charge >= 0.3 is 12.1 Å². The fraction of sp³-hybridized carbons (Fsp3) is 0.364. The first-order valence-electron chi connectivity index (χ1n) is 10.2. The molecule has 30 heavy (non-hydrogen) atoms. The smallest absolute Gasteiger partial charge is 0.412 e. The highest BCUT2D eigenvalue weighted by atomic mass is 16.5. The Kier molecular flexibility index (Phi) is 4.42. The molecular weight excluding hydrogens is 382 g/mol. The molecule has 0 saturated heterocycles. The van der Waals surface area contributed by atoms with Crippen molar-refractivity contribution in [3.05, 3.63) is 48.0 Å². The van der Waals surface area contributed by atoms with Crippen molar-refractivity contribution in [1.29, 1.82) is 0 Å². The number of aryl methyl sites for hydroxylation is 1. The zero-order valence-electron chi connectivity index (χ0n) is 16.9. The van der Waals surface area contributed by atoms with E-state index in [-0.39, 0.29) is 12.1 Å². The van der Waals surface area contributed by atoms with Crippen molar-refractivity contribution in [3.8, 4) is 22.9 Å². The number of rotatable bonds is 4. The highest BCUT2D eigenvalue weighted by molar-refractivity contribution is 5.91. The quantitative estimate of drug-likeness (QED) is 0.682. The minimum absolute atomic E-state index is 0.0954. The van der Waals surface area contributed by atoms with E-state index in [1.165, 1.54) is 4.90 Å². The van der Waals surface area contributed by atoms with Crippen LogP contribution >= 0.6 is 0 Å². The number of carboxylic acid groups (broad SMARTS) is 1. The Morgan fingerprint density at radius 1 is 1.17 bits per heavy atom. The van der Waals surface area contributed by atoms with Crippen molar-refractivity contribution in [2.75, 3.05) is 4.90 Å². The van der Waals surface area contributed by atoms with Crippen LogP contribution in [0, 0.1) is 6.92 Å². The lowest BCUT2D eigenvalue weighted by atomic mass is 9.92. The second kappa shape index (κ2) is 7.12. The Morgan fingerprint density at radius 2 is 1.93 bits per heavy atom. The molecule has 2 aromatic heterocycles. The molecule has 0 unspecified atom stereocenters. The van der Waals surface area contributed by atoms with Crippen molar-refractivity contribution in [2.24, 2.45) is 0 Å². The van der Waals surface area contributed by atoms with E-state index < -0.39 is 6.09 Å². The van der Waals surface area contributed by atoms with E-state index in [0.717, 1.165) is 41.5 Å². The van der Waals surface area contributed by atoms with Gasteiger partial charge in [-0.1, -0.05) is 0 Å². The van der Waals surface area contributed by atoms with Crippen LogP contribution in [0.1, 0.15) is 43.4 Å². The van der Waals surface area contributed by atoms with Gasteiger partial charge in [0, 0.05) is 41.3 Å². The second-order valence-electron chi connectivity index (χ2n) is 8.07. The first-order valence-corrected chi connectivity index (χ1v) is 10.2. The minimum Gasteiger partial charge on any atom is -0.465 e. The molecule has 8 nitrogen and oxygen atoms in total. The van der Waals surface area contributed by atoms with Crippen LogP contribution in [0.3, 0.4) is 0 Å². The molecule has 2 aliphatic rings. The number of carbonyl (C=O) groups is 1. The summed E-state index contributed by atoms with van der Waals surface area (Å²) in [5.74, 6) is 0.602. The molecule has 1 aliphatic carbocycles. The van der Waals surface area contributed by atoms with E-state index in [2.05, 4.69) is 15.1 Å². The van der Waals surface area contributed by atoms with Crippen LogP contribution in [0.15, 0.2) is 36.9 Å². The van der Waals surface area contributed by atoms with E-state index in [4.69, 9.17) is 4.74 Å². The normalized spacial score (nSPS) is 18.2. The van der Waals surface area contributed by atoms with Crippen molar-refractivity contribution < 1.29 is 14.6 Å². The second-order valence-corrected chi connectivity index (χ2v) is 8.07. The first kappa shape index (κ1) is 18.6. The molecule has 1 fully saturated rings. The molecule has 0 bridgehead atoms. The van der Waals surface area contributed by atoms with Crippen LogP contribution in [0.2, 0.25) is 0 Å². The van der Waals surface area contributed by atoms with Gasteiger partial charge < -0.3 is 9.84 Å². The summed E-state index contributed by atoms with van der Waals surface area (Å²) in [6, 6.07) is 4.40. The molecular formula is C22H23N5O3. The summed E-state index contributed by atoms with van der Waals surface area (Å²) in [6.07, 6.45) is 10.0. The van der Waals surface area contributed by atoms with Gasteiger partial charge in [0.15, 0.2) is 0 Å². The summed E-state index contributed by atoms with van der Waals surface area (Å²) in [7, 11) is 0. The van der Waals surface area contributed by atoms with Gasteiger partial charge in [-0.15, -0.1) is 0 Å². The average molecular weight is 405 g/mol. The zero-order chi connectivity index (χ0) is 20.8. The Hall–Kier alpha value is -3.42. The molecule has 1 atom stereocenters. The highest BCUT2D eigenvalue weighted by Gasteiger charge is 2.32. The molecule has 0 radical (unpaired) electrons. The average Bonchev–Trinajstić information content (AvgIpc) is 3.46. The van der Waals surface area contributed by atoms with Crippen molar-refractivity contribution in [2.45, 2.75) is 51.6 Å². The zero-order valence-corrected chi connectivity index (χ0v) is 16.9. The number of nitrogens with zero attached hydrogens (tertiary/aromatic N) is 5. The van der Waals surface area contributed by atoms with E-state index in [0.29, 0.717) is 23.9 Å². The molecule has 1 amide bonds. The molecule has 154 valence electrons. The van der Waals surface area contributed by atoms with Crippen LogP contribution in [0.5, 0.6) is 11.8 Å². The molecule has 1 saturated carbocycles. The van der Waals surface area contributed by atoms with Crippen LogP contribution in [-0.4, -0.2) is 37.0 Å². The van der Waals surface area contributed by atoms with E-state index >= 15 is 0 Å². The van der Waals surface area contributed by atoms with E-state index in [1.54, 1.807) is 12.4 Å². The lowest BCUT2D eigenvalue weighted by Crippen LogP contribution is -2.41. The number of anilines is 1. The summed E-state index contributed by atoms with van der Waals surface area (Å²) in [5.41, 5.74) is 4.25. The Labute approximate surface area is 174 Å². The van der Waals surface area contributed by atoms with Gasteiger partial charge in [0.05, 0.1) is 17.9 Å². The number of benzene rings is 1. The molecule has 3 aromatic rings. The maximum Gasteiger partial charge on any atom is 0.412 e. The number of ether oxygens (including phenoxy) is 1. The minimum atomic E-state index is -0.963. The molecule has 1 aromatic carbocycles. The van der Waals surface area contributed by atoms with Crippen molar-refractivity contribution >= 4 is 11.8 Å². The maximum absolute atomic E-state index is 11.9. The Balaban J connectivity index is 1.64. The van der Waals surface area contributed by atoms with E-state index in [1.807, 2.05) is 43.1 Å². The standard InChI is InChI=1S/C22H23N5O3/c1-13-9-23-21(24-10-13)30-20-17(15-11-25-26(12-15)16-4-5-16)7-8-19-18(20)6-3-14(2)27(19)22(28)29/h7-12,14,16H,3-6H2,1-2H3,(H,28,29)/t14-/m0/s1. The fourth-order valence-corrected chi connectivity index (χ4v) is 3.98. The van der Waals surface area contributed by atoms with Crippen LogP contribution in [-0.2, 0) is 6.42 Å². The van der Waals surface area contributed by atoms with Crippen LogP contribution in [0.25, 0.3) is 11.1 Å². The predicted octanol–water partition coefficient (Wildman–Crippen LogP) is 4.59. The Bertz CT molecular complexity index is 1100. The monoisotopic (exact) mass is 405 g/mol. The van der Waals surface area contributed by atoms with Gasteiger partial charge in [0.1, 0.15) is 5.75 Å². The molecule has 1 aliphatic heterocycles. The Morgan fingerprint density at radius 3 is 2.63 bits per heavy atom. The third-order valence-corrected chi connectivity index (χ3v) is 5.74. The van der Waals surface area contributed by atoms with E-state index in [9.17, 15) is 9.90 Å². The van der Waals surface area contributed by atoms with Crippen LogP contribution in [0.4, 0.5) is 10.5 Å². The summed E-state index contributed by atoms with van der Waals surface area (Å²) < 4.78 is 8.18. The topological polar surface area (TPSA) is 93.4 Å². The number of fused-ring (bicyclic) bond motifs is 1. The van der Waals surface area contributed by atoms with Gasteiger partial charge in [-0.05, 0) is 57.2 Å². The third kappa shape index (κ3) is 3.28. The van der Waals surface area contributed by atoms with Crippen molar-refractivity contribution in [3.63, 3.8) is 0 Å². The summed E-state index contributed by atoms with van der Waals surface area (Å²) in [6.45, 7) is 3.84. The molecule has 8 heteroatoms. The molecule has 5 rings (SSSR count). The summed E-state index contributed by atoms with van der Waals surface area (Å²) in [4.78, 5) is 21.9. The number of amides is 1. The maximum atomic E-state index is 11.9. The number of aromatic nitrogens is 4. The fourth-order valence-electron chi connectivity index (χ4n) is 3.98. The van der Waals surface area contributed by atoms with Gasteiger partial charge in [-0.2, -0.15) is 5.10 Å². The lowest BCUT2D eigenvalue weighted by Gasteiger charge is -2.34. The van der Waals surface area contributed by atoms with Crippen LogP contribution < -0.4 is 9.64 Å². The summed E-state index contributed by atoms with van der Waals surface area (Å²) in [5, 5.41) is 14.3. The van der Waals surface area contributed by atoms with Gasteiger partial charge in [-0.25, -0.2) is 14.8 Å². The SMILES string of the molecule is Cc1cnc(Oc2c(-c3cnn(C4CC4)c3)ccc3c2CC[C@H](C)N3C(=O)O)nc1. The third-order valence-electron chi connectivity index (χ3n) is 5.74. The van der Waals surface area contributed by atoms with Gasteiger partial charge in [0.2, 0.25) is 0 Å². The first-order chi connectivity index (χ1) is 14.5. The van der Waals surface area contributed by atoms with Gasteiger partial charge in [0.25, 0.3) is 0 Å². The number of hydrogen-bond acceptors (Lipinski definition) is 5.